The number of carbonyl (C=O) groups is 1. The van der Waals surface area contributed by atoms with E-state index in [0.29, 0.717) is 6.07 Å². The molecular weight excluding hydrogens is 634 g/mol. The molecule has 2 unspecified atom stereocenters. The van der Waals surface area contributed by atoms with Gasteiger partial charge >= 0.3 is 18.0 Å². The van der Waals surface area contributed by atoms with Crippen molar-refractivity contribution in [2.24, 2.45) is 5.92 Å². The summed E-state index contributed by atoms with van der Waals surface area (Å²) in [7, 11) is -7.47. The van der Waals surface area contributed by atoms with Crippen molar-refractivity contribution < 1.29 is 52.5 Å². The van der Waals surface area contributed by atoms with Crippen molar-refractivity contribution in [3.05, 3.63) is 59.4 Å². The molecule has 2 atom stereocenters. The summed E-state index contributed by atoms with van der Waals surface area (Å²) in [5.74, 6) is -2.01. The van der Waals surface area contributed by atoms with Gasteiger partial charge in [-0.05, 0) is 55.2 Å². The van der Waals surface area contributed by atoms with Crippen LogP contribution in [0.25, 0.3) is 0 Å². The molecule has 3 heterocycles. The standard InChI is InChI=1S/C26H25F8N3O4S2/c27-17-2-4-18(5-3-17)43(40,41)23-9-10-37(22(38)15-7-11-42(35,39)12-8-15)21(23)14-36-20-13-16(1-6-19(20)23)24(28,25(29,30)31)26(32,33)34/h1-6,13,15,21,35-36H,7-12,14H2. The summed E-state index contributed by atoms with van der Waals surface area (Å²) in [5, 5.41) is 2.61. The first-order valence-corrected chi connectivity index (χ1v) is 16.4. The number of carbonyl (C=O) groups excluding carboxylic acids is 1. The second kappa shape index (κ2) is 10.0. The van der Waals surface area contributed by atoms with Crippen LogP contribution in [0.3, 0.4) is 0 Å². The Morgan fingerprint density at radius 1 is 0.977 bits per heavy atom. The van der Waals surface area contributed by atoms with E-state index in [1.165, 1.54) is 4.90 Å². The number of nitrogens with one attached hydrogen (secondary N) is 2. The minimum atomic E-state index is -6.40. The summed E-state index contributed by atoms with van der Waals surface area (Å²) in [5.41, 5.74) is -8.32. The quantitative estimate of drug-likeness (QED) is 0.344. The Morgan fingerprint density at radius 2 is 1.56 bits per heavy atom. The molecule has 2 saturated heterocycles. The predicted molar refractivity (Wildman–Crippen MR) is 139 cm³/mol. The Hall–Kier alpha value is -2.95. The highest BCUT2D eigenvalue weighted by Crippen LogP contribution is 2.57. The summed E-state index contributed by atoms with van der Waals surface area (Å²) in [6.45, 7) is -0.598. The number of alkyl halides is 7. The van der Waals surface area contributed by atoms with E-state index in [2.05, 4.69) is 5.32 Å². The van der Waals surface area contributed by atoms with Gasteiger partial charge in [-0.1, -0.05) is 12.1 Å². The molecule has 0 bridgehead atoms. The van der Waals surface area contributed by atoms with Gasteiger partial charge in [-0.2, -0.15) is 26.3 Å². The molecule has 5 rings (SSSR count). The van der Waals surface area contributed by atoms with Crippen LogP contribution >= 0.6 is 0 Å². The van der Waals surface area contributed by atoms with Crippen molar-refractivity contribution in [3.8, 4) is 0 Å². The van der Waals surface area contributed by atoms with Crippen LogP contribution in [0.2, 0.25) is 0 Å². The fourth-order valence-electron chi connectivity index (χ4n) is 6.36. The molecule has 7 nitrogen and oxygen atoms in total. The van der Waals surface area contributed by atoms with Crippen LogP contribution in [0.4, 0.5) is 40.8 Å². The Kier molecular flexibility index (Phi) is 7.35. The molecule has 1 amide bonds. The summed E-state index contributed by atoms with van der Waals surface area (Å²) < 4.78 is 156. The molecule has 3 aliphatic heterocycles. The summed E-state index contributed by atoms with van der Waals surface area (Å²) in [6.07, 6.45) is -12.9. The van der Waals surface area contributed by atoms with E-state index < -0.39 is 88.7 Å². The average Bonchev–Trinajstić information content (AvgIpc) is 3.32. The van der Waals surface area contributed by atoms with Gasteiger partial charge in [-0.25, -0.2) is 21.4 Å². The molecule has 0 saturated carbocycles. The molecule has 0 radical (unpaired) electrons. The van der Waals surface area contributed by atoms with Crippen LogP contribution in [0.15, 0.2) is 47.4 Å². The zero-order valence-corrected chi connectivity index (χ0v) is 23.7. The van der Waals surface area contributed by atoms with E-state index in [1.807, 2.05) is 0 Å². The number of hydrogen-bond acceptors (Lipinski definition) is 6. The molecule has 0 aliphatic carbocycles. The number of anilines is 1. The maximum absolute atomic E-state index is 14.9. The third kappa shape index (κ3) is 4.77. The van der Waals surface area contributed by atoms with Crippen molar-refractivity contribution in [1.29, 1.82) is 4.78 Å². The molecule has 43 heavy (non-hydrogen) atoms. The van der Waals surface area contributed by atoms with Crippen molar-refractivity contribution in [2.45, 2.75) is 53.0 Å². The average molecular weight is 660 g/mol. The van der Waals surface area contributed by atoms with Gasteiger partial charge < -0.3 is 10.2 Å². The van der Waals surface area contributed by atoms with Gasteiger partial charge in [0.2, 0.25) is 5.91 Å². The first-order chi connectivity index (χ1) is 19.8. The predicted octanol–water partition coefficient (Wildman–Crippen LogP) is 5.27. The summed E-state index contributed by atoms with van der Waals surface area (Å²) in [6, 6.07) is 3.66. The van der Waals surface area contributed by atoms with E-state index in [4.69, 9.17) is 4.78 Å². The smallest absolute Gasteiger partial charge is 0.383 e. The van der Waals surface area contributed by atoms with E-state index in [0.717, 1.165) is 24.3 Å². The summed E-state index contributed by atoms with van der Waals surface area (Å²) >= 11 is 0. The molecule has 2 aromatic carbocycles. The Labute approximate surface area is 241 Å². The molecule has 0 aromatic heterocycles. The number of sulfone groups is 1. The van der Waals surface area contributed by atoms with Gasteiger partial charge in [0.05, 0.1) is 10.9 Å². The van der Waals surface area contributed by atoms with Crippen molar-refractivity contribution in [3.63, 3.8) is 0 Å². The van der Waals surface area contributed by atoms with Crippen LogP contribution in [-0.2, 0) is 34.8 Å². The second-order valence-corrected chi connectivity index (χ2v) is 15.6. The zero-order valence-electron chi connectivity index (χ0n) is 22.1. The van der Waals surface area contributed by atoms with Crippen LogP contribution in [0.1, 0.15) is 30.4 Å². The van der Waals surface area contributed by atoms with E-state index in [1.54, 1.807) is 0 Å². The first kappa shape index (κ1) is 31.5. The van der Waals surface area contributed by atoms with Crippen LogP contribution < -0.4 is 5.32 Å². The SMILES string of the molecule is N=S1(=O)CCC(C(=O)N2CCC3(S(=O)(=O)c4ccc(F)cc4)c4ccc(C(F)(C(F)(F)F)C(F)(F)F)cc4NCC23)CC1. The minimum Gasteiger partial charge on any atom is -0.383 e. The summed E-state index contributed by atoms with van der Waals surface area (Å²) in [4.78, 5) is 14.5. The molecule has 236 valence electrons. The number of fused-ring (bicyclic) bond motifs is 3. The first-order valence-electron chi connectivity index (χ1n) is 13.0. The monoisotopic (exact) mass is 659 g/mol. The number of halogens is 8. The number of rotatable bonds is 4. The van der Waals surface area contributed by atoms with Crippen LogP contribution in [0.5, 0.6) is 0 Å². The van der Waals surface area contributed by atoms with Crippen molar-refractivity contribution >= 4 is 31.2 Å². The maximum atomic E-state index is 14.9. The molecule has 0 spiro atoms. The number of benzene rings is 2. The topological polar surface area (TPSA) is 107 Å². The lowest BCUT2D eigenvalue weighted by atomic mass is 9.83. The number of amides is 1. The Balaban J connectivity index is 1.65. The van der Waals surface area contributed by atoms with E-state index >= 15 is 0 Å². The van der Waals surface area contributed by atoms with Gasteiger partial charge in [-0.3, -0.25) is 9.57 Å². The van der Waals surface area contributed by atoms with Crippen LogP contribution in [0, 0.1) is 16.5 Å². The highest BCUT2D eigenvalue weighted by molar-refractivity contribution is 7.92. The van der Waals surface area contributed by atoms with Gasteiger partial charge in [0.1, 0.15) is 10.6 Å². The third-order valence-corrected chi connectivity index (χ3v) is 12.9. The Morgan fingerprint density at radius 3 is 2.12 bits per heavy atom. The molecule has 2 N–H and O–H groups in total. The molecule has 17 heteroatoms. The highest BCUT2D eigenvalue weighted by Gasteiger charge is 2.74. The largest absolute Gasteiger partial charge is 0.435 e. The van der Waals surface area contributed by atoms with Crippen molar-refractivity contribution in [2.75, 3.05) is 29.9 Å². The van der Waals surface area contributed by atoms with Gasteiger partial charge in [0.15, 0.2) is 9.84 Å². The number of nitrogens with zero attached hydrogens (tertiary/aromatic N) is 1. The highest BCUT2D eigenvalue weighted by atomic mass is 32.2. The second-order valence-electron chi connectivity index (χ2n) is 10.9. The zero-order chi connectivity index (χ0) is 31.8. The van der Waals surface area contributed by atoms with Gasteiger partial charge in [0.25, 0.3) is 0 Å². The number of likely N-dealkylation sites (tertiary alicyclic amines) is 1. The van der Waals surface area contributed by atoms with E-state index in [9.17, 15) is 52.5 Å². The normalized spacial score (nSPS) is 28.1. The fourth-order valence-corrected chi connectivity index (χ4v) is 10.2. The van der Waals surface area contributed by atoms with Gasteiger partial charge in [-0.15, -0.1) is 0 Å². The lowest BCUT2D eigenvalue weighted by Crippen LogP contribution is -2.56. The number of hydrogen-bond donors (Lipinski definition) is 2. The van der Waals surface area contributed by atoms with Crippen molar-refractivity contribution in [1.82, 2.24) is 4.90 Å². The Bertz CT molecular complexity index is 1630. The fraction of sp³-hybridized carbons (Fsp3) is 0.500. The minimum absolute atomic E-state index is 0.0335. The molecule has 2 aromatic rings. The third-order valence-electron chi connectivity index (χ3n) is 8.61. The lowest BCUT2D eigenvalue weighted by molar-refractivity contribution is -0.348. The van der Waals surface area contributed by atoms with Crippen LogP contribution in [-0.4, -0.2) is 66.4 Å². The molecular formula is C26H25F8N3O4S2. The van der Waals surface area contributed by atoms with Gasteiger partial charge in [0, 0.05) is 51.5 Å². The molecule has 2 fully saturated rings. The maximum Gasteiger partial charge on any atom is 0.435 e. The lowest BCUT2D eigenvalue weighted by Gasteiger charge is -2.44. The van der Waals surface area contributed by atoms with E-state index in [-0.39, 0.29) is 55.0 Å². The molecule has 3 aliphatic rings.